The molecule has 1 N–H and O–H groups in total. The molecule has 0 bridgehead atoms. The van der Waals surface area contributed by atoms with Gasteiger partial charge in [-0.1, -0.05) is 27.5 Å². The van der Waals surface area contributed by atoms with Gasteiger partial charge in [0.05, 0.1) is 0 Å². The van der Waals surface area contributed by atoms with Crippen molar-refractivity contribution in [1.29, 1.82) is 0 Å². The second kappa shape index (κ2) is 5.16. The summed E-state index contributed by atoms with van der Waals surface area (Å²) in [5.41, 5.74) is 1.10. The predicted molar refractivity (Wildman–Crippen MR) is 85.4 cm³/mol. The van der Waals surface area contributed by atoms with Crippen LogP contribution in [0.5, 0.6) is 5.75 Å². The van der Waals surface area contributed by atoms with E-state index in [2.05, 4.69) is 22.0 Å². The van der Waals surface area contributed by atoms with Crippen molar-refractivity contribution < 1.29 is 5.11 Å². The van der Waals surface area contributed by atoms with E-state index < -0.39 is 0 Å². The molecular weight excluding hydrogens is 344 g/mol. The fourth-order valence-corrected chi connectivity index (χ4v) is 3.70. The third kappa shape index (κ3) is 2.78. The van der Waals surface area contributed by atoms with Gasteiger partial charge in [0.25, 0.3) is 0 Å². The molecule has 1 heterocycles. The Labute approximate surface area is 128 Å². The highest BCUT2D eigenvalue weighted by Gasteiger charge is 2.07. The third-order valence-electron chi connectivity index (χ3n) is 2.92. The molecule has 3 aromatic rings. The first-order valence-corrected chi connectivity index (χ1v) is 7.76. The molecule has 3 rings (SSSR count). The summed E-state index contributed by atoms with van der Waals surface area (Å²) < 4.78 is 2.21. The van der Waals surface area contributed by atoms with Gasteiger partial charge in [0.2, 0.25) is 0 Å². The first kappa shape index (κ1) is 13.0. The lowest BCUT2D eigenvalue weighted by molar-refractivity contribution is 0.476. The fourth-order valence-electron chi connectivity index (χ4n) is 2.04. The molecular formula is C15H10BrClOS. The maximum Gasteiger partial charge on any atom is 0.116 e. The van der Waals surface area contributed by atoms with E-state index in [9.17, 15) is 5.11 Å². The zero-order chi connectivity index (χ0) is 13.4. The number of phenols is 1. The standard InChI is InChI=1S/C15H10BrClOS/c16-11-1-3-14(17)9(5-11)7-13-8-10-6-12(18)2-4-15(10)19-13/h1-6,8,18H,7H2. The minimum Gasteiger partial charge on any atom is -0.508 e. The lowest BCUT2D eigenvalue weighted by atomic mass is 10.1. The SMILES string of the molecule is Oc1ccc2sc(Cc3cc(Br)ccc3Cl)cc2c1. The van der Waals surface area contributed by atoms with Gasteiger partial charge >= 0.3 is 0 Å². The lowest BCUT2D eigenvalue weighted by Crippen LogP contribution is -1.86. The Hall–Kier alpha value is -1.03. The van der Waals surface area contributed by atoms with Crippen molar-refractivity contribution in [3.05, 3.63) is 62.4 Å². The van der Waals surface area contributed by atoms with Crippen LogP contribution in [0.4, 0.5) is 0 Å². The van der Waals surface area contributed by atoms with E-state index in [-0.39, 0.29) is 0 Å². The molecule has 1 aromatic heterocycles. The predicted octanol–water partition coefficient (Wildman–Crippen LogP) is 5.61. The molecule has 0 aliphatic heterocycles. The maximum atomic E-state index is 9.49. The van der Waals surface area contributed by atoms with Crippen molar-refractivity contribution in [3.63, 3.8) is 0 Å². The molecule has 2 aromatic carbocycles. The van der Waals surface area contributed by atoms with E-state index in [4.69, 9.17) is 11.6 Å². The molecule has 0 spiro atoms. The van der Waals surface area contributed by atoms with Crippen LogP contribution in [-0.2, 0) is 6.42 Å². The van der Waals surface area contributed by atoms with Gasteiger partial charge in [0, 0.05) is 25.5 Å². The summed E-state index contributed by atoms with van der Waals surface area (Å²) in [5.74, 6) is 0.303. The number of hydrogen-bond donors (Lipinski definition) is 1. The Kier molecular flexibility index (Phi) is 3.52. The minimum absolute atomic E-state index is 0.303. The highest BCUT2D eigenvalue weighted by molar-refractivity contribution is 9.10. The van der Waals surface area contributed by atoms with Crippen molar-refractivity contribution in [2.45, 2.75) is 6.42 Å². The van der Waals surface area contributed by atoms with Crippen molar-refractivity contribution >= 4 is 49.0 Å². The summed E-state index contributed by atoms with van der Waals surface area (Å²) in [6.45, 7) is 0. The van der Waals surface area contributed by atoms with Crippen molar-refractivity contribution in [2.75, 3.05) is 0 Å². The van der Waals surface area contributed by atoms with Crippen LogP contribution in [0.3, 0.4) is 0 Å². The quantitative estimate of drug-likeness (QED) is 0.634. The molecule has 0 radical (unpaired) electrons. The second-order valence-electron chi connectivity index (χ2n) is 4.35. The largest absolute Gasteiger partial charge is 0.508 e. The third-order valence-corrected chi connectivity index (χ3v) is 4.90. The Morgan fingerprint density at radius 2 is 1.95 bits per heavy atom. The van der Waals surface area contributed by atoms with Gasteiger partial charge in [-0.05, 0) is 53.4 Å². The molecule has 0 fully saturated rings. The minimum atomic E-state index is 0.303. The van der Waals surface area contributed by atoms with Crippen molar-refractivity contribution in [1.82, 2.24) is 0 Å². The number of phenolic OH excluding ortho intramolecular Hbond substituents is 1. The number of rotatable bonds is 2. The Morgan fingerprint density at radius 3 is 2.79 bits per heavy atom. The molecule has 1 nitrogen and oxygen atoms in total. The van der Waals surface area contributed by atoms with E-state index in [1.165, 1.54) is 9.58 Å². The first-order valence-electron chi connectivity index (χ1n) is 5.77. The van der Waals surface area contributed by atoms with Crippen LogP contribution in [0.15, 0.2) is 46.9 Å². The summed E-state index contributed by atoms with van der Waals surface area (Å²) in [6.07, 6.45) is 0.804. The average Bonchev–Trinajstić information content (AvgIpc) is 2.75. The van der Waals surface area contributed by atoms with Crippen LogP contribution in [-0.4, -0.2) is 5.11 Å². The molecule has 0 saturated carbocycles. The van der Waals surface area contributed by atoms with Crippen LogP contribution >= 0.6 is 38.9 Å². The van der Waals surface area contributed by atoms with E-state index >= 15 is 0 Å². The molecule has 4 heteroatoms. The van der Waals surface area contributed by atoms with E-state index in [0.717, 1.165) is 26.9 Å². The van der Waals surface area contributed by atoms with Crippen LogP contribution in [0.1, 0.15) is 10.4 Å². The number of hydrogen-bond acceptors (Lipinski definition) is 2. The number of halogens is 2. The van der Waals surface area contributed by atoms with E-state index in [0.29, 0.717) is 5.75 Å². The molecule has 0 aliphatic carbocycles. The Bertz CT molecular complexity index is 751. The van der Waals surface area contributed by atoms with Gasteiger partial charge in [0.15, 0.2) is 0 Å². The van der Waals surface area contributed by atoms with Crippen LogP contribution in [0.2, 0.25) is 5.02 Å². The van der Waals surface area contributed by atoms with Gasteiger partial charge in [-0.2, -0.15) is 0 Å². The van der Waals surface area contributed by atoms with Gasteiger partial charge < -0.3 is 5.11 Å². The molecule has 0 saturated heterocycles. The van der Waals surface area contributed by atoms with E-state index in [1.807, 2.05) is 24.3 Å². The van der Waals surface area contributed by atoms with Gasteiger partial charge in [0.1, 0.15) is 5.75 Å². The zero-order valence-corrected chi connectivity index (χ0v) is 13.0. The summed E-state index contributed by atoms with van der Waals surface area (Å²) in [4.78, 5) is 1.24. The number of aromatic hydroxyl groups is 1. The number of fused-ring (bicyclic) bond motifs is 1. The number of thiophene rings is 1. The lowest BCUT2D eigenvalue weighted by Gasteiger charge is -2.02. The summed E-state index contributed by atoms with van der Waals surface area (Å²) in [6, 6.07) is 13.4. The molecule has 0 aliphatic rings. The van der Waals surface area contributed by atoms with Gasteiger partial charge in [-0.3, -0.25) is 0 Å². The smallest absolute Gasteiger partial charge is 0.116 e. The van der Waals surface area contributed by atoms with Crippen LogP contribution < -0.4 is 0 Å². The van der Waals surface area contributed by atoms with Gasteiger partial charge in [-0.25, -0.2) is 0 Å². The summed E-state index contributed by atoms with van der Waals surface area (Å²) in [7, 11) is 0. The van der Waals surface area contributed by atoms with E-state index in [1.54, 1.807) is 23.5 Å². The first-order chi connectivity index (χ1) is 9.11. The summed E-state index contributed by atoms with van der Waals surface area (Å²) >= 11 is 11.4. The van der Waals surface area contributed by atoms with Gasteiger partial charge in [-0.15, -0.1) is 11.3 Å². The topological polar surface area (TPSA) is 20.2 Å². The normalized spacial score (nSPS) is 11.1. The molecule has 0 amide bonds. The van der Waals surface area contributed by atoms with Crippen LogP contribution in [0, 0.1) is 0 Å². The second-order valence-corrected chi connectivity index (χ2v) is 6.84. The van der Waals surface area contributed by atoms with Crippen molar-refractivity contribution in [2.24, 2.45) is 0 Å². The fraction of sp³-hybridized carbons (Fsp3) is 0.0667. The monoisotopic (exact) mass is 352 g/mol. The Balaban J connectivity index is 1.98. The average molecular weight is 354 g/mol. The molecule has 0 unspecified atom stereocenters. The number of benzene rings is 2. The maximum absolute atomic E-state index is 9.49. The Morgan fingerprint density at radius 1 is 1.11 bits per heavy atom. The summed E-state index contributed by atoms with van der Waals surface area (Å²) in [5, 5.41) is 11.3. The molecule has 96 valence electrons. The van der Waals surface area contributed by atoms with Crippen LogP contribution in [0.25, 0.3) is 10.1 Å². The highest BCUT2D eigenvalue weighted by Crippen LogP contribution is 2.31. The molecule has 19 heavy (non-hydrogen) atoms. The molecule has 0 atom stereocenters. The highest BCUT2D eigenvalue weighted by atomic mass is 79.9. The van der Waals surface area contributed by atoms with Crippen molar-refractivity contribution in [3.8, 4) is 5.75 Å². The zero-order valence-electron chi connectivity index (χ0n) is 9.86.